The summed E-state index contributed by atoms with van der Waals surface area (Å²) in [6.07, 6.45) is 2.86. The lowest BCUT2D eigenvalue weighted by molar-refractivity contribution is 0.0773. The molecule has 1 amide bonds. The summed E-state index contributed by atoms with van der Waals surface area (Å²) in [4.78, 5) is 15.7. The van der Waals surface area contributed by atoms with Crippen LogP contribution in [0.2, 0.25) is 0 Å². The summed E-state index contributed by atoms with van der Waals surface area (Å²) in [5.41, 5.74) is 2.93. The average molecular weight is 355 g/mol. The number of amides is 1. The monoisotopic (exact) mass is 355 g/mol. The number of nitrogens with zero attached hydrogens (tertiary/aromatic N) is 1. The Kier molecular flexibility index (Phi) is 5.59. The van der Waals surface area contributed by atoms with Gasteiger partial charge in [-0.05, 0) is 54.0 Å². The van der Waals surface area contributed by atoms with Gasteiger partial charge in [0, 0.05) is 28.8 Å². The molecular weight excluding hydrogens is 333 g/mol. The fraction of sp³-hybridized carbons (Fsp3) is 0.286. The lowest BCUT2D eigenvalue weighted by atomic mass is 9.99. The predicted molar refractivity (Wildman–Crippen MR) is 102 cm³/mol. The van der Waals surface area contributed by atoms with E-state index in [1.54, 1.807) is 23.9 Å². The van der Waals surface area contributed by atoms with Crippen molar-refractivity contribution in [2.45, 2.75) is 30.4 Å². The molecule has 2 nitrogen and oxygen atoms in total. The molecule has 1 aliphatic heterocycles. The fourth-order valence-corrected chi connectivity index (χ4v) is 3.75. The molecule has 3 rings (SSSR count). The van der Waals surface area contributed by atoms with Crippen LogP contribution in [0.4, 0.5) is 4.39 Å². The van der Waals surface area contributed by atoms with E-state index in [0.29, 0.717) is 18.3 Å². The van der Waals surface area contributed by atoms with Crippen LogP contribution in [0.5, 0.6) is 0 Å². The molecule has 0 aromatic heterocycles. The molecule has 130 valence electrons. The molecule has 0 radical (unpaired) electrons. The highest BCUT2D eigenvalue weighted by Gasteiger charge is 2.19. The highest BCUT2D eigenvalue weighted by atomic mass is 32.2. The molecular formula is C21H22FNOS. The molecule has 0 N–H and O–H groups in total. The van der Waals surface area contributed by atoms with Crippen LogP contribution in [0.1, 0.15) is 36.2 Å². The zero-order chi connectivity index (χ0) is 17.8. The maximum absolute atomic E-state index is 13.0. The Balaban J connectivity index is 1.65. The Morgan fingerprint density at radius 3 is 2.32 bits per heavy atom. The largest absolute Gasteiger partial charge is 0.335 e. The second kappa shape index (κ2) is 7.87. The summed E-state index contributed by atoms with van der Waals surface area (Å²) in [5, 5.41) is 0.527. The molecule has 2 aromatic carbocycles. The molecule has 0 saturated heterocycles. The Hall–Kier alpha value is -2.07. The highest BCUT2D eigenvalue weighted by molar-refractivity contribution is 7.99. The van der Waals surface area contributed by atoms with Crippen molar-refractivity contribution in [2.24, 2.45) is 0 Å². The van der Waals surface area contributed by atoms with E-state index in [0.717, 1.165) is 17.5 Å². The quantitative estimate of drug-likeness (QED) is 0.698. The summed E-state index contributed by atoms with van der Waals surface area (Å²) in [6, 6.07) is 14.4. The first kappa shape index (κ1) is 17.7. The van der Waals surface area contributed by atoms with Crippen molar-refractivity contribution in [1.82, 2.24) is 4.90 Å². The minimum atomic E-state index is -0.226. The van der Waals surface area contributed by atoms with Gasteiger partial charge in [0.1, 0.15) is 5.82 Å². The molecule has 0 bridgehead atoms. The number of thioether (sulfide) groups is 1. The van der Waals surface area contributed by atoms with E-state index in [2.05, 4.69) is 19.9 Å². The van der Waals surface area contributed by atoms with Gasteiger partial charge in [-0.1, -0.05) is 32.1 Å². The maximum Gasteiger partial charge on any atom is 0.254 e. The standard InChI is InChI=1S/C21H22FNOS/c1-15(2)25-20-9-5-18(6-10-20)21(24)23-13-11-17(12-14-23)16-3-7-19(22)8-4-16/h3-11,15H,12-14H2,1-2H3. The molecule has 0 saturated carbocycles. The van der Waals surface area contributed by atoms with Gasteiger partial charge in [-0.2, -0.15) is 0 Å². The first-order chi connectivity index (χ1) is 12.0. The van der Waals surface area contributed by atoms with Crippen molar-refractivity contribution >= 4 is 23.2 Å². The highest BCUT2D eigenvalue weighted by Crippen LogP contribution is 2.25. The molecule has 4 heteroatoms. The first-order valence-electron chi connectivity index (χ1n) is 8.54. The van der Waals surface area contributed by atoms with Gasteiger partial charge >= 0.3 is 0 Å². The normalized spacial score (nSPS) is 14.6. The predicted octanol–water partition coefficient (Wildman–Crippen LogP) is 5.26. The van der Waals surface area contributed by atoms with Crippen LogP contribution in [0, 0.1) is 5.82 Å². The average Bonchev–Trinajstić information content (AvgIpc) is 2.62. The lowest BCUT2D eigenvalue weighted by Gasteiger charge is -2.27. The Labute approximate surface area is 152 Å². The number of hydrogen-bond acceptors (Lipinski definition) is 2. The summed E-state index contributed by atoms with van der Waals surface area (Å²) in [7, 11) is 0. The van der Waals surface area contributed by atoms with Crippen LogP contribution in [-0.4, -0.2) is 29.1 Å². The molecule has 0 aliphatic carbocycles. The minimum Gasteiger partial charge on any atom is -0.335 e. The summed E-state index contributed by atoms with van der Waals surface area (Å²) < 4.78 is 13.0. The number of carbonyl (C=O) groups is 1. The molecule has 0 atom stereocenters. The number of carbonyl (C=O) groups excluding carboxylic acids is 1. The third-order valence-corrected chi connectivity index (χ3v) is 5.20. The Morgan fingerprint density at radius 2 is 1.76 bits per heavy atom. The first-order valence-corrected chi connectivity index (χ1v) is 9.42. The molecule has 1 heterocycles. The molecule has 0 unspecified atom stereocenters. The van der Waals surface area contributed by atoms with E-state index < -0.39 is 0 Å². The summed E-state index contributed by atoms with van der Waals surface area (Å²) in [5.74, 6) is -0.161. The third-order valence-electron chi connectivity index (χ3n) is 4.18. The Bertz CT molecular complexity index is 765. The van der Waals surface area contributed by atoms with Gasteiger partial charge in [-0.3, -0.25) is 4.79 Å². The van der Waals surface area contributed by atoms with Crippen molar-refractivity contribution < 1.29 is 9.18 Å². The van der Waals surface area contributed by atoms with Crippen LogP contribution in [0.3, 0.4) is 0 Å². The van der Waals surface area contributed by atoms with Crippen molar-refractivity contribution in [3.63, 3.8) is 0 Å². The summed E-state index contributed by atoms with van der Waals surface area (Å²) in [6.45, 7) is 5.59. The van der Waals surface area contributed by atoms with E-state index in [1.165, 1.54) is 22.6 Å². The SMILES string of the molecule is CC(C)Sc1ccc(C(=O)N2CC=C(c3ccc(F)cc3)CC2)cc1. The van der Waals surface area contributed by atoms with Crippen molar-refractivity contribution in [2.75, 3.05) is 13.1 Å². The van der Waals surface area contributed by atoms with Gasteiger partial charge in [0.15, 0.2) is 0 Å². The molecule has 2 aromatic rings. The van der Waals surface area contributed by atoms with E-state index >= 15 is 0 Å². The van der Waals surface area contributed by atoms with Crippen molar-refractivity contribution in [3.8, 4) is 0 Å². The van der Waals surface area contributed by atoms with Gasteiger partial charge in [-0.15, -0.1) is 11.8 Å². The second-order valence-corrected chi connectivity index (χ2v) is 8.08. The van der Waals surface area contributed by atoms with E-state index in [-0.39, 0.29) is 11.7 Å². The number of rotatable bonds is 4. The number of benzene rings is 2. The zero-order valence-corrected chi connectivity index (χ0v) is 15.4. The van der Waals surface area contributed by atoms with Gasteiger partial charge in [0.05, 0.1) is 0 Å². The van der Waals surface area contributed by atoms with Gasteiger partial charge in [0.25, 0.3) is 5.91 Å². The van der Waals surface area contributed by atoms with Crippen molar-refractivity contribution in [3.05, 3.63) is 71.6 Å². The third kappa shape index (κ3) is 4.51. The summed E-state index contributed by atoms with van der Waals surface area (Å²) >= 11 is 1.79. The van der Waals surface area contributed by atoms with Gasteiger partial charge in [0.2, 0.25) is 0 Å². The van der Waals surface area contributed by atoms with E-state index in [9.17, 15) is 9.18 Å². The maximum atomic E-state index is 13.0. The van der Waals surface area contributed by atoms with Crippen molar-refractivity contribution in [1.29, 1.82) is 0 Å². The smallest absolute Gasteiger partial charge is 0.254 e. The fourth-order valence-electron chi connectivity index (χ4n) is 2.91. The number of hydrogen-bond donors (Lipinski definition) is 0. The zero-order valence-electron chi connectivity index (χ0n) is 14.5. The topological polar surface area (TPSA) is 20.3 Å². The van der Waals surface area contributed by atoms with Gasteiger partial charge in [-0.25, -0.2) is 4.39 Å². The minimum absolute atomic E-state index is 0.0653. The van der Waals surface area contributed by atoms with E-state index in [1.807, 2.05) is 29.2 Å². The van der Waals surface area contributed by atoms with Crippen LogP contribution in [0.25, 0.3) is 5.57 Å². The Morgan fingerprint density at radius 1 is 1.08 bits per heavy atom. The van der Waals surface area contributed by atoms with Crippen LogP contribution >= 0.6 is 11.8 Å². The second-order valence-electron chi connectivity index (χ2n) is 6.43. The van der Waals surface area contributed by atoms with Crippen LogP contribution < -0.4 is 0 Å². The van der Waals surface area contributed by atoms with E-state index in [4.69, 9.17) is 0 Å². The van der Waals surface area contributed by atoms with Crippen LogP contribution in [0.15, 0.2) is 59.5 Å². The molecule has 0 spiro atoms. The number of halogens is 1. The lowest BCUT2D eigenvalue weighted by Crippen LogP contribution is -2.34. The van der Waals surface area contributed by atoms with Gasteiger partial charge < -0.3 is 4.90 Å². The molecule has 25 heavy (non-hydrogen) atoms. The molecule has 0 fully saturated rings. The van der Waals surface area contributed by atoms with Crippen LogP contribution in [-0.2, 0) is 0 Å². The molecule has 1 aliphatic rings.